The van der Waals surface area contributed by atoms with Crippen LogP contribution in [0, 0.1) is 0 Å². The summed E-state index contributed by atoms with van der Waals surface area (Å²) in [6, 6.07) is 15.3. The van der Waals surface area contributed by atoms with Crippen LogP contribution in [-0.4, -0.2) is 11.8 Å². The summed E-state index contributed by atoms with van der Waals surface area (Å²) in [5.74, 6) is -0.154. The summed E-state index contributed by atoms with van der Waals surface area (Å²) in [5, 5.41) is 5.47. The Morgan fingerprint density at radius 3 is 1.29 bits per heavy atom. The van der Waals surface area contributed by atoms with Crippen LogP contribution in [0.5, 0.6) is 0 Å². The summed E-state index contributed by atoms with van der Waals surface area (Å²) < 4.78 is 0. The van der Waals surface area contributed by atoms with Gasteiger partial charge >= 0.3 is 0 Å². The van der Waals surface area contributed by atoms with Crippen molar-refractivity contribution in [1.82, 2.24) is 10.9 Å². The molecule has 0 saturated carbocycles. The van der Waals surface area contributed by atoms with Crippen LogP contribution in [-0.2, 0) is 22.7 Å². The van der Waals surface area contributed by atoms with E-state index in [-0.39, 0.29) is 11.8 Å². The molecule has 0 atom stereocenters. The third kappa shape index (κ3) is 6.20. The molecule has 6 nitrogen and oxygen atoms in total. The summed E-state index contributed by atoms with van der Waals surface area (Å²) in [6.45, 7) is 4.32. The molecule has 24 heavy (non-hydrogen) atoms. The van der Waals surface area contributed by atoms with E-state index in [2.05, 4.69) is 21.5 Å². The maximum atomic E-state index is 11.0. The first kappa shape index (κ1) is 17.7. The quantitative estimate of drug-likeness (QED) is 0.465. The van der Waals surface area contributed by atoms with E-state index in [4.69, 9.17) is 0 Å². The lowest BCUT2D eigenvalue weighted by Gasteiger charge is -2.09. The molecule has 0 aromatic heterocycles. The molecular weight excluding hydrogens is 304 g/mol. The van der Waals surface area contributed by atoms with Gasteiger partial charge in [-0.2, -0.15) is 0 Å². The van der Waals surface area contributed by atoms with Crippen molar-refractivity contribution in [3.63, 3.8) is 0 Å². The molecule has 0 unspecified atom stereocenters. The summed E-state index contributed by atoms with van der Waals surface area (Å²) in [6.07, 6.45) is 0. The molecule has 126 valence electrons. The van der Waals surface area contributed by atoms with Gasteiger partial charge in [-0.15, -0.1) is 0 Å². The van der Waals surface area contributed by atoms with Crippen molar-refractivity contribution < 1.29 is 9.59 Å². The molecule has 0 saturated heterocycles. The Balaban J connectivity index is 1.72. The Morgan fingerprint density at radius 2 is 1.00 bits per heavy atom. The zero-order valence-corrected chi connectivity index (χ0v) is 13.8. The third-order valence-electron chi connectivity index (χ3n) is 3.26. The second kappa shape index (κ2) is 8.81. The molecule has 2 aromatic carbocycles. The van der Waals surface area contributed by atoms with E-state index in [0.29, 0.717) is 13.1 Å². The molecule has 0 aliphatic heterocycles. The lowest BCUT2D eigenvalue weighted by atomic mass is 10.2. The fourth-order valence-corrected chi connectivity index (χ4v) is 2.15. The minimum Gasteiger partial charge on any atom is -0.326 e. The molecule has 2 amide bonds. The number of hydrogen-bond acceptors (Lipinski definition) is 4. The molecule has 0 heterocycles. The van der Waals surface area contributed by atoms with E-state index < -0.39 is 0 Å². The highest BCUT2D eigenvalue weighted by Gasteiger charge is 1.98. The van der Waals surface area contributed by atoms with Gasteiger partial charge in [0, 0.05) is 38.3 Å². The van der Waals surface area contributed by atoms with Crippen LogP contribution in [0.25, 0.3) is 0 Å². The van der Waals surface area contributed by atoms with Crippen LogP contribution in [0.1, 0.15) is 25.0 Å². The van der Waals surface area contributed by atoms with Crippen molar-refractivity contribution in [3.05, 3.63) is 59.7 Å². The molecule has 0 bridgehead atoms. The van der Waals surface area contributed by atoms with Gasteiger partial charge in [0.1, 0.15) is 0 Å². The first-order valence-electron chi connectivity index (χ1n) is 7.72. The Labute approximate surface area is 141 Å². The normalized spacial score (nSPS) is 10.2. The average Bonchev–Trinajstić information content (AvgIpc) is 2.53. The lowest BCUT2D eigenvalue weighted by Crippen LogP contribution is -2.30. The molecule has 2 aromatic rings. The molecule has 6 heteroatoms. The van der Waals surface area contributed by atoms with Gasteiger partial charge in [0.25, 0.3) is 0 Å². The van der Waals surface area contributed by atoms with Crippen molar-refractivity contribution in [2.45, 2.75) is 26.9 Å². The van der Waals surface area contributed by atoms with E-state index in [1.54, 1.807) is 0 Å². The van der Waals surface area contributed by atoms with E-state index in [9.17, 15) is 9.59 Å². The Morgan fingerprint density at radius 1 is 0.667 bits per heavy atom. The molecule has 0 radical (unpaired) electrons. The highest BCUT2D eigenvalue weighted by Crippen LogP contribution is 2.10. The fourth-order valence-electron chi connectivity index (χ4n) is 2.15. The zero-order chi connectivity index (χ0) is 17.4. The molecule has 0 aliphatic rings. The third-order valence-corrected chi connectivity index (χ3v) is 3.26. The number of nitrogens with one attached hydrogen (secondary N) is 4. The predicted molar refractivity (Wildman–Crippen MR) is 95.2 cm³/mol. The Hall–Kier alpha value is -2.70. The van der Waals surface area contributed by atoms with Gasteiger partial charge in [-0.3, -0.25) is 20.4 Å². The summed E-state index contributed by atoms with van der Waals surface area (Å²) >= 11 is 0. The maximum Gasteiger partial charge on any atom is 0.221 e. The number of amides is 2. The minimum absolute atomic E-state index is 0.0768. The molecule has 0 fully saturated rings. The van der Waals surface area contributed by atoms with Crippen LogP contribution < -0.4 is 21.5 Å². The van der Waals surface area contributed by atoms with Crippen molar-refractivity contribution in [2.24, 2.45) is 0 Å². The standard InChI is InChI=1S/C18H22N4O2/c1-13(23)21-17-7-3-15(4-8-17)11-19-20-12-16-5-9-18(10-6-16)22-14(2)24/h3-10,19-20H,11-12H2,1-2H3,(H,21,23)(H,22,24). The van der Waals surface area contributed by atoms with Crippen LogP contribution in [0.15, 0.2) is 48.5 Å². The van der Waals surface area contributed by atoms with E-state index in [1.807, 2.05) is 48.5 Å². The maximum absolute atomic E-state index is 11.0. The SMILES string of the molecule is CC(=O)Nc1ccc(CNNCc2ccc(NC(C)=O)cc2)cc1. The number of carbonyl (C=O) groups excluding carboxylic acids is 2. The Bertz CT molecular complexity index is 620. The smallest absolute Gasteiger partial charge is 0.221 e. The van der Waals surface area contributed by atoms with E-state index >= 15 is 0 Å². The van der Waals surface area contributed by atoms with Crippen molar-refractivity contribution in [3.8, 4) is 0 Å². The van der Waals surface area contributed by atoms with Crippen LogP contribution >= 0.6 is 0 Å². The minimum atomic E-state index is -0.0768. The van der Waals surface area contributed by atoms with E-state index in [0.717, 1.165) is 22.5 Å². The highest BCUT2D eigenvalue weighted by atomic mass is 16.2. The number of anilines is 2. The van der Waals surface area contributed by atoms with Gasteiger partial charge in [0.2, 0.25) is 11.8 Å². The van der Waals surface area contributed by atoms with Crippen molar-refractivity contribution in [1.29, 1.82) is 0 Å². The summed E-state index contributed by atoms with van der Waals surface area (Å²) in [4.78, 5) is 21.9. The summed E-state index contributed by atoms with van der Waals surface area (Å²) in [5.41, 5.74) is 10.1. The number of carbonyl (C=O) groups is 2. The predicted octanol–water partition coefficient (Wildman–Crippen LogP) is 2.40. The van der Waals surface area contributed by atoms with Gasteiger partial charge in [-0.05, 0) is 35.4 Å². The second-order valence-electron chi connectivity index (χ2n) is 5.46. The summed E-state index contributed by atoms with van der Waals surface area (Å²) in [7, 11) is 0. The highest BCUT2D eigenvalue weighted by molar-refractivity contribution is 5.89. The van der Waals surface area contributed by atoms with Gasteiger partial charge in [-0.1, -0.05) is 24.3 Å². The number of hydrazine groups is 1. The first-order chi connectivity index (χ1) is 11.5. The fraction of sp³-hybridized carbons (Fsp3) is 0.222. The topological polar surface area (TPSA) is 82.3 Å². The average molecular weight is 326 g/mol. The molecule has 0 spiro atoms. The zero-order valence-electron chi connectivity index (χ0n) is 13.8. The van der Waals surface area contributed by atoms with Crippen molar-refractivity contribution >= 4 is 23.2 Å². The number of rotatable bonds is 7. The molecule has 0 aliphatic carbocycles. The van der Waals surface area contributed by atoms with Gasteiger partial charge in [0.15, 0.2) is 0 Å². The number of hydrogen-bond donors (Lipinski definition) is 4. The first-order valence-corrected chi connectivity index (χ1v) is 7.72. The van der Waals surface area contributed by atoms with Crippen LogP contribution in [0.2, 0.25) is 0 Å². The van der Waals surface area contributed by atoms with Crippen LogP contribution in [0.3, 0.4) is 0 Å². The lowest BCUT2D eigenvalue weighted by molar-refractivity contribution is -0.115. The number of benzene rings is 2. The monoisotopic (exact) mass is 326 g/mol. The Kier molecular flexibility index (Phi) is 6.48. The van der Waals surface area contributed by atoms with Gasteiger partial charge in [0.05, 0.1) is 0 Å². The molecule has 4 N–H and O–H groups in total. The van der Waals surface area contributed by atoms with E-state index in [1.165, 1.54) is 13.8 Å². The van der Waals surface area contributed by atoms with Gasteiger partial charge in [-0.25, -0.2) is 0 Å². The van der Waals surface area contributed by atoms with Gasteiger partial charge < -0.3 is 10.6 Å². The second-order valence-corrected chi connectivity index (χ2v) is 5.46. The molecular formula is C18H22N4O2. The largest absolute Gasteiger partial charge is 0.326 e. The molecule has 2 rings (SSSR count). The van der Waals surface area contributed by atoms with Crippen molar-refractivity contribution in [2.75, 3.05) is 10.6 Å². The van der Waals surface area contributed by atoms with Crippen LogP contribution in [0.4, 0.5) is 11.4 Å².